The minimum atomic E-state index is -3.83. The molecule has 3 N–H and O–H groups in total. The van der Waals surface area contributed by atoms with Gasteiger partial charge in [0.05, 0.1) is 10.5 Å². The summed E-state index contributed by atoms with van der Waals surface area (Å²) in [6, 6.07) is 8.18. The number of carbonyl (C=O) groups is 1. The zero-order chi connectivity index (χ0) is 15.6. The van der Waals surface area contributed by atoms with Crippen molar-refractivity contribution in [2.45, 2.75) is 4.90 Å². The quantitative estimate of drug-likeness (QED) is 0.906. The number of sulfonamides is 1. The first-order chi connectivity index (χ1) is 9.79. The van der Waals surface area contributed by atoms with Crippen molar-refractivity contribution >= 4 is 21.6 Å². The first kappa shape index (κ1) is 15.1. The van der Waals surface area contributed by atoms with Crippen LogP contribution >= 0.6 is 0 Å². The highest BCUT2D eigenvalue weighted by Crippen LogP contribution is 2.16. The van der Waals surface area contributed by atoms with Crippen molar-refractivity contribution in [1.82, 2.24) is 0 Å². The van der Waals surface area contributed by atoms with E-state index < -0.39 is 33.1 Å². The highest BCUT2D eigenvalue weighted by atomic mass is 32.2. The molecule has 0 unspecified atom stereocenters. The van der Waals surface area contributed by atoms with Crippen LogP contribution in [-0.4, -0.2) is 14.3 Å². The van der Waals surface area contributed by atoms with Crippen LogP contribution in [0.2, 0.25) is 0 Å². The second-order valence-electron chi connectivity index (χ2n) is 4.12. The monoisotopic (exact) mass is 312 g/mol. The minimum Gasteiger partial charge on any atom is -0.322 e. The van der Waals surface area contributed by atoms with Gasteiger partial charge in [0.25, 0.3) is 5.91 Å². The summed E-state index contributed by atoms with van der Waals surface area (Å²) in [5, 5.41) is 7.25. The molecular weight excluding hydrogens is 302 g/mol. The molecule has 0 radical (unpaired) electrons. The van der Waals surface area contributed by atoms with E-state index in [4.69, 9.17) is 5.14 Å². The van der Waals surface area contributed by atoms with Gasteiger partial charge in [0, 0.05) is 5.69 Å². The van der Waals surface area contributed by atoms with Crippen molar-refractivity contribution in [2.24, 2.45) is 5.14 Å². The number of rotatable bonds is 3. The lowest BCUT2D eigenvalue weighted by Crippen LogP contribution is -2.15. The summed E-state index contributed by atoms with van der Waals surface area (Å²) < 4.78 is 48.6. The molecule has 1 amide bonds. The molecule has 0 heterocycles. The van der Waals surface area contributed by atoms with Crippen LogP contribution in [0.4, 0.5) is 14.5 Å². The maximum Gasteiger partial charge on any atom is 0.258 e. The lowest BCUT2D eigenvalue weighted by atomic mass is 10.2. The zero-order valence-electron chi connectivity index (χ0n) is 10.5. The van der Waals surface area contributed by atoms with Crippen LogP contribution in [0.1, 0.15) is 10.4 Å². The highest BCUT2D eigenvalue weighted by molar-refractivity contribution is 7.89. The van der Waals surface area contributed by atoms with Crippen LogP contribution in [0.25, 0.3) is 0 Å². The number of nitrogens with two attached hydrogens (primary N) is 1. The lowest BCUT2D eigenvalue weighted by Gasteiger charge is -2.07. The fraction of sp³-hybridized carbons (Fsp3) is 0. The number of halogens is 2. The SMILES string of the molecule is NS(=O)(=O)c1ccc(NC(=O)c2cccc(F)c2F)cc1. The summed E-state index contributed by atoms with van der Waals surface area (Å²) in [4.78, 5) is 11.7. The average Bonchev–Trinajstić information content (AvgIpc) is 2.41. The van der Waals surface area contributed by atoms with E-state index in [0.29, 0.717) is 0 Å². The molecule has 0 atom stereocenters. The molecule has 0 aliphatic heterocycles. The van der Waals surface area contributed by atoms with Gasteiger partial charge in [0.1, 0.15) is 0 Å². The number of anilines is 1. The zero-order valence-corrected chi connectivity index (χ0v) is 11.3. The van der Waals surface area contributed by atoms with Gasteiger partial charge in [-0.3, -0.25) is 4.79 Å². The van der Waals surface area contributed by atoms with E-state index in [-0.39, 0.29) is 10.6 Å². The molecular formula is C13H10F2N2O3S. The molecule has 8 heteroatoms. The first-order valence-electron chi connectivity index (χ1n) is 5.67. The number of hydrogen-bond donors (Lipinski definition) is 2. The van der Waals surface area contributed by atoms with Gasteiger partial charge in [-0.2, -0.15) is 0 Å². The Morgan fingerprint density at radius 3 is 2.24 bits per heavy atom. The fourth-order valence-electron chi connectivity index (χ4n) is 1.61. The molecule has 0 fully saturated rings. The molecule has 21 heavy (non-hydrogen) atoms. The number of primary sulfonamides is 1. The maximum atomic E-state index is 13.4. The van der Waals surface area contributed by atoms with E-state index in [0.717, 1.165) is 12.1 Å². The normalized spacial score (nSPS) is 11.2. The Labute approximate surface area is 119 Å². The van der Waals surface area contributed by atoms with Crippen molar-refractivity contribution in [1.29, 1.82) is 0 Å². The molecule has 0 spiro atoms. The molecule has 0 saturated carbocycles. The van der Waals surface area contributed by atoms with Crippen LogP contribution in [0.3, 0.4) is 0 Å². The molecule has 0 bridgehead atoms. The number of amides is 1. The molecule has 110 valence electrons. The van der Waals surface area contributed by atoms with Gasteiger partial charge in [0.2, 0.25) is 10.0 Å². The Morgan fingerprint density at radius 2 is 1.67 bits per heavy atom. The minimum absolute atomic E-state index is 0.127. The Kier molecular flexibility index (Phi) is 4.01. The van der Waals surface area contributed by atoms with E-state index in [1.54, 1.807) is 0 Å². The molecule has 0 aromatic heterocycles. The van der Waals surface area contributed by atoms with E-state index in [2.05, 4.69) is 5.32 Å². The fourth-order valence-corrected chi connectivity index (χ4v) is 2.12. The summed E-state index contributed by atoms with van der Waals surface area (Å²) in [5.41, 5.74) is -0.235. The second kappa shape index (κ2) is 5.58. The topological polar surface area (TPSA) is 89.3 Å². The molecule has 2 rings (SSSR count). The Balaban J connectivity index is 2.22. The molecule has 0 saturated heterocycles. The summed E-state index contributed by atoms with van der Waals surface area (Å²) >= 11 is 0. The van der Waals surface area contributed by atoms with Gasteiger partial charge < -0.3 is 5.32 Å². The number of nitrogens with one attached hydrogen (secondary N) is 1. The largest absolute Gasteiger partial charge is 0.322 e. The van der Waals surface area contributed by atoms with Gasteiger partial charge in [-0.15, -0.1) is 0 Å². The van der Waals surface area contributed by atoms with Crippen molar-refractivity contribution in [2.75, 3.05) is 5.32 Å². The summed E-state index contributed by atoms with van der Waals surface area (Å²) in [7, 11) is -3.83. The van der Waals surface area contributed by atoms with Crippen molar-refractivity contribution in [3.05, 3.63) is 59.7 Å². The van der Waals surface area contributed by atoms with Gasteiger partial charge in [-0.05, 0) is 36.4 Å². The van der Waals surface area contributed by atoms with Gasteiger partial charge in [-0.1, -0.05) is 6.07 Å². The first-order valence-corrected chi connectivity index (χ1v) is 7.22. The van der Waals surface area contributed by atoms with Gasteiger partial charge in [0.15, 0.2) is 11.6 Å². The van der Waals surface area contributed by atoms with E-state index in [1.165, 1.54) is 30.3 Å². The molecule has 0 aliphatic rings. The molecule has 2 aromatic rings. The smallest absolute Gasteiger partial charge is 0.258 e. The van der Waals surface area contributed by atoms with E-state index in [9.17, 15) is 22.0 Å². The van der Waals surface area contributed by atoms with Crippen LogP contribution < -0.4 is 10.5 Å². The Morgan fingerprint density at radius 1 is 1.05 bits per heavy atom. The predicted octanol–water partition coefficient (Wildman–Crippen LogP) is 1.86. The van der Waals surface area contributed by atoms with Gasteiger partial charge >= 0.3 is 0 Å². The lowest BCUT2D eigenvalue weighted by molar-refractivity contribution is 0.102. The summed E-state index contributed by atoms with van der Waals surface area (Å²) in [6.45, 7) is 0. The third-order valence-corrected chi connectivity index (χ3v) is 3.57. The van der Waals surface area contributed by atoms with Crippen LogP contribution in [0.5, 0.6) is 0 Å². The highest BCUT2D eigenvalue weighted by Gasteiger charge is 2.15. The van der Waals surface area contributed by atoms with Crippen LogP contribution in [0, 0.1) is 11.6 Å². The number of carbonyl (C=O) groups excluding carboxylic acids is 1. The Hall–Kier alpha value is -2.32. The third kappa shape index (κ3) is 3.41. The predicted molar refractivity (Wildman–Crippen MR) is 72.1 cm³/mol. The van der Waals surface area contributed by atoms with Gasteiger partial charge in [-0.25, -0.2) is 22.3 Å². The molecule has 0 aliphatic carbocycles. The van der Waals surface area contributed by atoms with Crippen LogP contribution in [-0.2, 0) is 10.0 Å². The van der Waals surface area contributed by atoms with Crippen molar-refractivity contribution in [3.63, 3.8) is 0 Å². The number of hydrogen-bond acceptors (Lipinski definition) is 3. The summed E-state index contributed by atoms with van der Waals surface area (Å²) in [6.07, 6.45) is 0. The van der Waals surface area contributed by atoms with Crippen LogP contribution in [0.15, 0.2) is 47.4 Å². The molecule has 5 nitrogen and oxygen atoms in total. The third-order valence-electron chi connectivity index (χ3n) is 2.64. The number of benzene rings is 2. The summed E-state index contributed by atoms with van der Waals surface area (Å²) in [5.74, 6) is -3.24. The standard InChI is InChI=1S/C13H10F2N2O3S/c14-11-3-1-2-10(12(11)15)13(18)17-8-4-6-9(7-5-8)21(16,19)20/h1-7H,(H,17,18)(H2,16,19,20). The molecule has 2 aromatic carbocycles. The van der Waals surface area contributed by atoms with E-state index >= 15 is 0 Å². The maximum absolute atomic E-state index is 13.4. The average molecular weight is 312 g/mol. The van der Waals surface area contributed by atoms with Crippen molar-refractivity contribution < 1.29 is 22.0 Å². The van der Waals surface area contributed by atoms with E-state index in [1.807, 2.05) is 0 Å². The Bertz CT molecular complexity index is 790. The van der Waals surface area contributed by atoms with Crippen molar-refractivity contribution in [3.8, 4) is 0 Å². The second-order valence-corrected chi connectivity index (χ2v) is 5.69.